The Morgan fingerprint density at radius 1 is 0.438 bits per heavy atom. The molecule has 0 amide bonds. The lowest BCUT2D eigenvalue weighted by molar-refractivity contribution is 0.669. The van der Waals surface area contributed by atoms with Crippen molar-refractivity contribution in [2.24, 2.45) is 0 Å². The second-order valence-corrected chi connectivity index (χ2v) is 17.2. The SMILES string of the molecule is C1=CC(c2cc3c4ccccc4n4c5ccccc5c(c2)c34)CC=C1N(c1ccc(-c2ccc(-n3c4ccccc4c4ccccc43)cc2)cc1)c1ccc2c(c1)oc1ccccc12. The molecule has 300 valence electrons. The molecule has 1 atom stereocenters. The summed E-state index contributed by atoms with van der Waals surface area (Å²) in [4.78, 5) is 2.38. The second kappa shape index (κ2) is 13.6. The molecule has 9 aromatic carbocycles. The Morgan fingerprint density at radius 2 is 0.953 bits per heavy atom. The van der Waals surface area contributed by atoms with Gasteiger partial charge in [-0.2, -0.15) is 0 Å². The number of benzene rings is 9. The summed E-state index contributed by atoms with van der Waals surface area (Å²) >= 11 is 0. The van der Waals surface area contributed by atoms with Crippen molar-refractivity contribution < 1.29 is 4.42 Å². The summed E-state index contributed by atoms with van der Waals surface area (Å²) in [6, 6.07) is 72.8. The first-order valence-electron chi connectivity index (χ1n) is 22.2. The Hall–Kier alpha value is -8.34. The van der Waals surface area contributed by atoms with Crippen molar-refractivity contribution >= 4 is 93.2 Å². The Morgan fingerprint density at radius 3 is 1.56 bits per heavy atom. The molecule has 14 rings (SSSR count). The van der Waals surface area contributed by atoms with E-state index < -0.39 is 0 Å². The fraction of sp³-hybridized carbons (Fsp3) is 0.0333. The third kappa shape index (κ3) is 5.17. The van der Waals surface area contributed by atoms with E-state index in [1.807, 2.05) is 12.1 Å². The molecular weight excluding hydrogens is 779 g/mol. The number of allylic oxidation sites excluding steroid dienone is 3. The first-order chi connectivity index (χ1) is 31.7. The Kier molecular flexibility index (Phi) is 7.48. The van der Waals surface area contributed by atoms with Crippen molar-refractivity contribution in [1.29, 1.82) is 0 Å². The molecule has 4 heteroatoms. The molecule has 13 aromatic rings. The van der Waals surface area contributed by atoms with Crippen LogP contribution in [0.25, 0.3) is 98.7 Å². The Labute approximate surface area is 368 Å². The van der Waals surface area contributed by atoms with Crippen LogP contribution in [0.1, 0.15) is 17.9 Å². The molecule has 0 spiro atoms. The van der Waals surface area contributed by atoms with Crippen molar-refractivity contribution in [2.45, 2.75) is 12.3 Å². The summed E-state index contributed by atoms with van der Waals surface area (Å²) in [5, 5.41) is 10.1. The van der Waals surface area contributed by atoms with Gasteiger partial charge in [0.1, 0.15) is 11.2 Å². The van der Waals surface area contributed by atoms with Crippen LogP contribution in [0.4, 0.5) is 11.4 Å². The van der Waals surface area contributed by atoms with Gasteiger partial charge in [0, 0.05) is 77.8 Å². The average Bonchev–Trinajstić information content (AvgIpc) is 4.10. The maximum atomic E-state index is 6.44. The van der Waals surface area contributed by atoms with Crippen LogP contribution in [0, 0.1) is 0 Å². The minimum Gasteiger partial charge on any atom is -0.456 e. The van der Waals surface area contributed by atoms with Crippen molar-refractivity contribution in [3.8, 4) is 16.8 Å². The largest absolute Gasteiger partial charge is 0.456 e. The topological polar surface area (TPSA) is 25.7 Å². The lowest BCUT2D eigenvalue weighted by Crippen LogP contribution is -2.17. The fourth-order valence-corrected chi connectivity index (χ4v) is 10.8. The number of nitrogens with zero attached hydrogens (tertiary/aromatic N) is 3. The van der Waals surface area contributed by atoms with E-state index in [1.54, 1.807) is 0 Å². The highest BCUT2D eigenvalue weighted by Crippen LogP contribution is 2.44. The van der Waals surface area contributed by atoms with Crippen molar-refractivity contribution in [2.75, 3.05) is 4.90 Å². The molecule has 0 saturated heterocycles. The predicted octanol–water partition coefficient (Wildman–Crippen LogP) is 16.3. The van der Waals surface area contributed by atoms with Gasteiger partial charge >= 0.3 is 0 Å². The highest BCUT2D eigenvalue weighted by Gasteiger charge is 2.23. The van der Waals surface area contributed by atoms with E-state index in [2.05, 4.69) is 220 Å². The normalized spacial score (nSPS) is 14.4. The monoisotopic (exact) mass is 817 g/mol. The molecule has 0 fully saturated rings. The van der Waals surface area contributed by atoms with E-state index >= 15 is 0 Å². The second-order valence-electron chi connectivity index (χ2n) is 17.2. The Balaban J connectivity index is 0.833. The molecule has 0 saturated carbocycles. The maximum absolute atomic E-state index is 6.44. The van der Waals surface area contributed by atoms with Gasteiger partial charge in [0.25, 0.3) is 0 Å². The van der Waals surface area contributed by atoms with Gasteiger partial charge in [0.05, 0.1) is 27.6 Å². The number of aromatic nitrogens is 2. The van der Waals surface area contributed by atoms with E-state index in [9.17, 15) is 0 Å². The van der Waals surface area contributed by atoms with E-state index in [0.29, 0.717) is 0 Å². The first kappa shape index (κ1) is 35.3. The van der Waals surface area contributed by atoms with Crippen LogP contribution in [0.5, 0.6) is 0 Å². The molecule has 0 radical (unpaired) electrons. The van der Waals surface area contributed by atoms with Crippen LogP contribution in [-0.4, -0.2) is 8.97 Å². The van der Waals surface area contributed by atoms with Crippen LogP contribution in [0.2, 0.25) is 0 Å². The number of fused-ring (bicyclic) bond motifs is 12. The number of anilines is 2. The Bertz CT molecular complexity index is 3910. The van der Waals surface area contributed by atoms with Crippen molar-refractivity contribution in [3.63, 3.8) is 0 Å². The van der Waals surface area contributed by atoms with Gasteiger partial charge in [-0.05, 0) is 108 Å². The minimum absolute atomic E-state index is 0.242. The van der Waals surface area contributed by atoms with Crippen LogP contribution in [-0.2, 0) is 0 Å². The summed E-state index contributed by atoms with van der Waals surface area (Å²) < 4.78 is 11.3. The molecule has 0 N–H and O–H groups in total. The van der Waals surface area contributed by atoms with Gasteiger partial charge in [0.15, 0.2) is 0 Å². The zero-order valence-corrected chi connectivity index (χ0v) is 34.8. The van der Waals surface area contributed by atoms with Gasteiger partial charge in [0.2, 0.25) is 0 Å². The summed E-state index contributed by atoms with van der Waals surface area (Å²) in [5.41, 5.74) is 16.2. The summed E-state index contributed by atoms with van der Waals surface area (Å²) in [6.45, 7) is 0. The predicted molar refractivity (Wildman–Crippen MR) is 268 cm³/mol. The van der Waals surface area contributed by atoms with E-state index in [-0.39, 0.29) is 5.92 Å². The van der Waals surface area contributed by atoms with Gasteiger partial charge in [-0.25, -0.2) is 0 Å². The summed E-state index contributed by atoms with van der Waals surface area (Å²) in [7, 11) is 0. The molecule has 64 heavy (non-hydrogen) atoms. The fourth-order valence-electron chi connectivity index (χ4n) is 10.8. The first-order valence-corrected chi connectivity index (χ1v) is 22.2. The van der Waals surface area contributed by atoms with Gasteiger partial charge in [-0.1, -0.05) is 127 Å². The number of hydrogen-bond donors (Lipinski definition) is 0. The van der Waals surface area contributed by atoms with Crippen molar-refractivity contribution in [1.82, 2.24) is 8.97 Å². The minimum atomic E-state index is 0.242. The zero-order chi connectivity index (χ0) is 41.9. The zero-order valence-electron chi connectivity index (χ0n) is 34.8. The van der Waals surface area contributed by atoms with E-state index in [0.717, 1.165) is 51.1 Å². The third-order valence-electron chi connectivity index (χ3n) is 13.8. The molecule has 0 aliphatic heterocycles. The van der Waals surface area contributed by atoms with Crippen LogP contribution < -0.4 is 4.90 Å². The summed E-state index contributed by atoms with van der Waals surface area (Å²) in [6.07, 6.45) is 8.02. The molecular formula is C60H39N3O. The van der Waals surface area contributed by atoms with Gasteiger partial charge in [-0.3, -0.25) is 0 Å². The van der Waals surface area contributed by atoms with Crippen LogP contribution in [0.3, 0.4) is 0 Å². The molecule has 4 nitrogen and oxygen atoms in total. The highest BCUT2D eigenvalue weighted by atomic mass is 16.3. The number of hydrogen-bond acceptors (Lipinski definition) is 2. The summed E-state index contributed by atoms with van der Waals surface area (Å²) in [5.74, 6) is 0.242. The molecule has 1 unspecified atom stereocenters. The van der Waals surface area contributed by atoms with E-state index in [4.69, 9.17) is 4.42 Å². The quantitative estimate of drug-likeness (QED) is 0.167. The lowest BCUT2D eigenvalue weighted by Gasteiger charge is -2.29. The lowest BCUT2D eigenvalue weighted by atomic mass is 9.89. The van der Waals surface area contributed by atoms with Crippen molar-refractivity contribution in [3.05, 3.63) is 230 Å². The number of furan rings is 1. The van der Waals surface area contributed by atoms with Crippen LogP contribution >= 0.6 is 0 Å². The molecule has 4 aromatic heterocycles. The maximum Gasteiger partial charge on any atom is 0.137 e. The van der Waals surface area contributed by atoms with Crippen LogP contribution in [0.15, 0.2) is 229 Å². The highest BCUT2D eigenvalue weighted by molar-refractivity contribution is 6.23. The molecule has 1 aliphatic carbocycles. The third-order valence-corrected chi connectivity index (χ3v) is 13.8. The molecule has 0 bridgehead atoms. The number of para-hydroxylation sites is 5. The molecule has 1 aliphatic rings. The average molecular weight is 818 g/mol. The standard InChI is InChI=1S/C60H39N3O/c1-6-16-54-46(11-1)47-12-2-7-17-55(47)62(54)44-31-23-39(24-32-44)38-21-27-42(28-22-38)61(45-33-34-51-50-15-5-10-20-58(50)64-59(51)37-45)43-29-25-40(26-30-43)41-35-52-48-13-3-8-18-56(48)63-57-19-9-4-14-49(57)53(36-41)60(52)63/h1-25,27-37,40H,26H2. The smallest absolute Gasteiger partial charge is 0.137 e. The van der Waals surface area contributed by atoms with Gasteiger partial charge in [-0.15, -0.1) is 0 Å². The van der Waals surface area contributed by atoms with Gasteiger partial charge < -0.3 is 18.3 Å². The van der Waals surface area contributed by atoms with E-state index in [1.165, 1.54) is 76.6 Å². The number of rotatable bonds is 6. The molecule has 4 heterocycles.